The molecule has 1 aromatic carbocycles. The number of ketones is 2. The number of imidazole rings is 1. The highest BCUT2D eigenvalue weighted by Gasteiger charge is 2.29. The molecule has 0 aliphatic heterocycles. The van der Waals surface area contributed by atoms with Gasteiger partial charge >= 0.3 is 0 Å². The zero-order valence-corrected chi connectivity index (χ0v) is 20.5. The van der Waals surface area contributed by atoms with Crippen molar-refractivity contribution >= 4 is 33.9 Å². The fraction of sp³-hybridized carbons (Fsp3) is 0.357. The first-order chi connectivity index (χ1) is 16.5. The third-order valence-corrected chi connectivity index (χ3v) is 7.88. The van der Waals surface area contributed by atoms with E-state index in [1.54, 1.807) is 17.5 Å². The highest BCUT2D eigenvalue weighted by Crippen LogP contribution is 2.39. The number of aryl methyl sites for hydroxylation is 1. The third kappa shape index (κ3) is 4.47. The summed E-state index contributed by atoms with van der Waals surface area (Å²) in [5.74, 6) is 1.56. The topological polar surface area (TPSA) is 64.8 Å². The van der Waals surface area contributed by atoms with E-state index in [9.17, 15) is 9.59 Å². The Balaban J connectivity index is 1.49. The number of carbonyl (C=O) groups excluding carboxylic acids is 2. The average molecular weight is 472 g/mol. The molecule has 0 N–H and O–H groups in total. The summed E-state index contributed by atoms with van der Waals surface area (Å²) in [6, 6.07) is 15.9. The molecule has 3 aromatic heterocycles. The average Bonchev–Trinajstić information content (AvgIpc) is 3.47. The number of benzene rings is 1. The lowest BCUT2D eigenvalue weighted by molar-refractivity contribution is 0.0944. The summed E-state index contributed by atoms with van der Waals surface area (Å²) in [4.78, 5) is 36.8. The first-order valence-electron chi connectivity index (χ1n) is 12.1. The van der Waals surface area contributed by atoms with E-state index in [1.165, 1.54) is 4.88 Å². The molecule has 4 aromatic rings. The predicted octanol–water partition coefficient (Wildman–Crippen LogP) is 7.07. The SMILES string of the molecule is CCC(=O)c1ccc2c(c1)nc(-c1ccccn1)n2[C@H]1CCC[C@@H](CC(=O)c2ccc(C)s2)C1. The van der Waals surface area contributed by atoms with Crippen LogP contribution in [0, 0.1) is 12.8 Å². The zero-order valence-electron chi connectivity index (χ0n) is 19.7. The molecule has 5 rings (SSSR count). The zero-order chi connectivity index (χ0) is 23.7. The Morgan fingerprint density at radius 1 is 1.09 bits per heavy atom. The quantitative estimate of drug-likeness (QED) is 0.271. The van der Waals surface area contributed by atoms with Crippen LogP contribution in [-0.2, 0) is 0 Å². The lowest BCUT2D eigenvalue weighted by atomic mass is 9.82. The summed E-state index contributed by atoms with van der Waals surface area (Å²) in [7, 11) is 0. The van der Waals surface area contributed by atoms with Gasteiger partial charge < -0.3 is 4.57 Å². The van der Waals surface area contributed by atoms with Crippen molar-refractivity contribution in [3.63, 3.8) is 0 Å². The van der Waals surface area contributed by atoms with Crippen molar-refractivity contribution in [2.75, 3.05) is 0 Å². The summed E-state index contributed by atoms with van der Waals surface area (Å²) in [6.45, 7) is 3.92. The van der Waals surface area contributed by atoms with E-state index in [2.05, 4.69) is 9.55 Å². The molecule has 0 radical (unpaired) electrons. The van der Waals surface area contributed by atoms with Crippen LogP contribution < -0.4 is 0 Å². The number of thiophene rings is 1. The van der Waals surface area contributed by atoms with Crippen molar-refractivity contribution in [2.24, 2.45) is 5.92 Å². The minimum Gasteiger partial charge on any atom is -0.320 e. The Hall–Kier alpha value is -3.12. The van der Waals surface area contributed by atoms with Crippen molar-refractivity contribution in [3.8, 4) is 11.5 Å². The lowest BCUT2D eigenvalue weighted by Crippen LogP contribution is -2.22. The monoisotopic (exact) mass is 471 g/mol. The van der Waals surface area contributed by atoms with Crippen molar-refractivity contribution in [1.29, 1.82) is 0 Å². The number of rotatable bonds is 7. The molecule has 1 saturated carbocycles. The van der Waals surface area contributed by atoms with Gasteiger partial charge in [0.2, 0.25) is 0 Å². The largest absolute Gasteiger partial charge is 0.320 e. The maximum atomic E-state index is 12.9. The van der Waals surface area contributed by atoms with Gasteiger partial charge in [0.15, 0.2) is 17.4 Å². The van der Waals surface area contributed by atoms with Crippen molar-refractivity contribution in [1.82, 2.24) is 14.5 Å². The van der Waals surface area contributed by atoms with Crippen LogP contribution >= 0.6 is 11.3 Å². The van der Waals surface area contributed by atoms with E-state index in [0.717, 1.165) is 53.1 Å². The molecule has 0 unspecified atom stereocenters. The van der Waals surface area contributed by atoms with Crippen LogP contribution in [-0.4, -0.2) is 26.1 Å². The number of aromatic nitrogens is 3. The first kappa shape index (κ1) is 22.7. The number of hydrogen-bond donors (Lipinski definition) is 0. The van der Waals surface area contributed by atoms with Gasteiger partial charge in [-0.3, -0.25) is 14.6 Å². The molecule has 0 spiro atoms. The predicted molar refractivity (Wildman–Crippen MR) is 137 cm³/mol. The molecule has 34 heavy (non-hydrogen) atoms. The van der Waals surface area contributed by atoms with Gasteiger partial charge in [-0.2, -0.15) is 0 Å². The van der Waals surface area contributed by atoms with E-state index in [1.807, 2.05) is 62.4 Å². The van der Waals surface area contributed by atoms with E-state index in [0.29, 0.717) is 24.3 Å². The van der Waals surface area contributed by atoms with Crippen LogP contribution in [0.3, 0.4) is 0 Å². The van der Waals surface area contributed by atoms with Gasteiger partial charge in [0.05, 0.1) is 15.9 Å². The van der Waals surface area contributed by atoms with E-state index >= 15 is 0 Å². The Morgan fingerprint density at radius 3 is 2.71 bits per heavy atom. The molecule has 2 atom stereocenters. The maximum Gasteiger partial charge on any atom is 0.173 e. The van der Waals surface area contributed by atoms with Crippen LogP contribution in [0.1, 0.15) is 76.4 Å². The van der Waals surface area contributed by atoms with Crippen molar-refractivity contribution < 1.29 is 9.59 Å². The smallest absolute Gasteiger partial charge is 0.173 e. The highest BCUT2D eigenvalue weighted by molar-refractivity contribution is 7.14. The minimum atomic E-state index is 0.121. The normalized spacial score (nSPS) is 18.3. The fourth-order valence-electron chi connectivity index (χ4n) is 5.15. The van der Waals surface area contributed by atoms with E-state index < -0.39 is 0 Å². The molecule has 0 bridgehead atoms. The Labute approximate surface area is 203 Å². The fourth-order valence-corrected chi connectivity index (χ4v) is 5.97. The van der Waals surface area contributed by atoms with Crippen LogP contribution in [0.15, 0.2) is 54.7 Å². The summed E-state index contributed by atoms with van der Waals surface area (Å²) < 4.78 is 2.31. The minimum absolute atomic E-state index is 0.121. The van der Waals surface area contributed by atoms with Crippen LogP contribution in [0.25, 0.3) is 22.6 Å². The van der Waals surface area contributed by atoms with Crippen LogP contribution in [0.4, 0.5) is 0 Å². The van der Waals surface area contributed by atoms with Gasteiger partial charge in [-0.1, -0.05) is 19.4 Å². The number of hydrogen-bond acceptors (Lipinski definition) is 5. The standard InChI is InChI=1S/C28H29N3O2S/c1-3-25(32)20-11-12-24-23(17-20)30-28(22-9-4-5-14-29-22)31(24)21-8-6-7-19(15-21)16-26(33)27-13-10-18(2)34-27/h4-5,9-14,17,19,21H,3,6-8,15-16H2,1-2H3/t19-,21+/m1/s1. The van der Waals surface area contributed by atoms with Gasteiger partial charge in [-0.25, -0.2) is 4.98 Å². The van der Waals surface area contributed by atoms with Gasteiger partial charge in [0, 0.05) is 35.5 Å². The molecule has 3 heterocycles. The number of nitrogens with zero attached hydrogens (tertiary/aromatic N) is 3. The third-order valence-electron chi connectivity index (χ3n) is 6.84. The Bertz CT molecular complexity index is 1340. The number of Topliss-reactive ketones (excluding diaryl/α,β-unsaturated/α-hetero) is 2. The Kier molecular flexibility index (Phi) is 6.42. The lowest BCUT2D eigenvalue weighted by Gasteiger charge is -2.31. The highest BCUT2D eigenvalue weighted by atomic mass is 32.1. The summed E-state index contributed by atoms with van der Waals surface area (Å²) in [6.07, 6.45) is 7.00. The molecule has 6 heteroatoms. The van der Waals surface area contributed by atoms with Crippen LogP contribution in [0.2, 0.25) is 0 Å². The molecular formula is C28H29N3O2S. The second-order valence-corrected chi connectivity index (χ2v) is 10.5. The van der Waals surface area contributed by atoms with Gasteiger partial charge in [0.1, 0.15) is 5.69 Å². The molecule has 1 aliphatic rings. The second kappa shape index (κ2) is 9.63. The van der Waals surface area contributed by atoms with Gasteiger partial charge in [0.25, 0.3) is 0 Å². The molecule has 5 nitrogen and oxygen atoms in total. The first-order valence-corrected chi connectivity index (χ1v) is 12.9. The molecule has 0 amide bonds. The number of pyridine rings is 1. The summed E-state index contributed by atoms with van der Waals surface area (Å²) >= 11 is 1.59. The Morgan fingerprint density at radius 2 is 1.97 bits per heavy atom. The molecule has 1 fully saturated rings. The maximum absolute atomic E-state index is 12.9. The number of fused-ring (bicyclic) bond motifs is 1. The van der Waals surface area contributed by atoms with Crippen molar-refractivity contribution in [3.05, 3.63) is 70.0 Å². The summed E-state index contributed by atoms with van der Waals surface area (Å²) in [5.41, 5.74) is 3.38. The molecule has 0 saturated heterocycles. The van der Waals surface area contributed by atoms with Crippen molar-refractivity contribution in [2.45, 2.75) is 58.4 Å². The van der Waals surface area contributed by atoms with Gasteiger partial charge in [-0.05, 0) is 74.6 Å². The van der Waals surface area contributed by atoms with Crippen LogP contribution in [0.5, 0.6) is 0 Å². The van der Waals surface area contributed by atoms with E-state index in [-0.39, 0.29) is 17.6 Å². The molecule has 1 aliphatic carbocycles. The second-order valence-electron chi connectivity index (χ2n) is 9.22. The molecular weight excluding hydrogens is 442 g/mol. The number of carbonyl (C=O) groups is 2. The summed E-state index contributed by atoms with van der Waals surface area (Å²) in [5, 5.41) is 0. The van der Waals surface area contributed by atoms with Gasteiger partial charge in [-0.15, -0.1) is 11.3 Å². The van der Waals surface area contributed by atoms with E-state index in [4.69, 9.17) is 4.98 Å². The molecule has 174 valence electrons.